The smallest absolute Gasteiger partial charge is 0.241 e. The normalized spacial score (nSPS) is 15.5. The van der Waals surface area contributed by atoms with Gasteiger partial charge < -0.3 is 5.11 Å². The van der Waals surface area contributed by atoms with Crippen LogP contribution in [0.1, 0.15) is 26.3 Å². The Morgan fingerprint density at radius 3 is 2.53 bits per heavy atom. The van der Waals surface area contributed by atoms with Gasteiger partial charge in [0.15, 0.2) is 0 Å². The van der Waals surface area contributed by atoms with Crippen molar-refractivity contribution in [3.63, 3.8) is 0 Å². The van der Waals surface area contributed by atoms with Crippen LogP contribution in [0.25, 0.3) is 0 Å². The molecular formula is C13H20FNO3S. The molecule has 0 fully saturated rings. The maximum Gasteiger partial charge on any atom is 0.241 e. The molecule has 0 bridgehead atoms. The molecule has 108 valence electrons. The van der Waals surface area contributed by atoms with E-state index < -0.39 is 21.4 Å². The number of aryl methyl sites for hydroxylation is 1. The van der Waals surface area contributed by atoms with Crippen molar-refractivity contribution < 1.29 is 17.9 Å². The predicted molar refractivity (Wildman–Crippen MR) is 71.8 cm³/mol. The lowest BCUT2D eigenvalue weighted by Gasteiger charge is -2.27. The summed E-state index contributed by atoms with van der Waals surface area (Å²) in [4.78, 5) is -0.105. The molecule has 0 radical (unpaired) electrons. The molecule has 0 aliphatic rings. The molecule has 0 saturated carbocycles. The number of aliphatic hydroxyl groups is 1. The van der Waals surface area contributed by atoms with Crippen molar-refractivity contribution in [1.82, 2.24) is 4.72 Å². The van der Waals surface area contributed by atoms with Gasteiger partial charge in [-0.3, -0.25) is 0 Å². The summed E-state index contributed by atoms with van der Waals surface area (Å²) in [6.45, 7) is 6.61. The fourth-order valence-electron chi connectivity index (χ4n) is 1.39. The highest BCUT2D eigenvalue weighted by Gasteiger charge is 2.28. The lowest BCUT2D eigenvalue weighted by atomic mass is 9.93. The summed E-state index contributed by atoms with van der Waals surface area (Å²) in [7, 11) is -3.83. The molecule has 0 aromatic heterocycles. The number of hydrogen-bond acceptors (Lipinski definition) is 3. The van der Waals surface area contributed by atoms with Crippen LogP contribution in [0.15, 0.2) is 23.1 Å². The zero-order chi connectivity index (χ0) is 14.8. The number of benzene rings is 1. The van der Waals surface area contributed by atoms with E-state index in [4.69, 9.17) is 0 Å². The highest BCUT2D eigenvalue weighted by atomic mass is 32.2. The molecule has 0 spiro atoms. The predicted octanol–water partition coefficient (Wildman–Crippen LogP) is 1.82. The Labute approximate surface area is 113 Å². The third-order valence-electron chi connectivity index (χ3n) is 3.30. The van der Waals surface area contributed by atoms with Gasteiger partial charge in [-0.1, -0.05) is 19.9 Å². The van der Waals surface area contributed by atoms with Crippen molar-refractivity contribution >= 4 is 10.0 Å². The van der Waals surface area contributed by atoms with Crippen LogP contribution in [0.3, 0.4) is 0 Å². The van der Waals surface area contributed by atoms with E-state index in [0.29, 0.717) is 5.56 Å². The molecule has 0 aliphatic carbocycles. The number of sulfonamides is 1. The summed E-state index contributed by atoms with van der Waals surface area (Å²) in [5.74, 6) is -0.717. The third-order valence-corrected chi connectivity index (χ3v) is 4.85. The summed E-state index contributed by atoms with van der Waals surface area (Å²) in [5, 5.41) is 10.0. The average Bonchev–Trinajstić information content (AvgIpc) is 2.30. The molecule has 1 aromatic rings. The first-order valence-corrected chi connectivity index (χ1v) is 7.53. The maximum atomic E-state index is 13.1. The number of nitrogens with one attached hydrogen (secondary N) is 1. The van der Waals surface area contributed by atoms with E-state index in [1.807, 2.05) is 0 Å². The first kappa shape index (κ1) is 16.1. The van der Waals surface area contributed by atoms with Gasteiger partial charge in [-0.05, 0) is 37.5 Å². The zero-order valence-corrected chi connectivity index (χ0v) is 12.4. The average molecular weight is 289 g/mol. The van der Waals surface area contributed by atoms with Gasteiger partial charge in [-0.25, -0.2) is 17.5 Å². The van der Waals surface area contributed by atoms with E-state index in [1.54, 1.807) is 27.7 Å². The lowest BCUT2D eigenvalue weighted by Crippen LogP contribution is -2.44. The fourth-order valence-corrected chi connectivity index (χ4v) is 2.78. The van der Waals surface area contributed by atoms with Crippen molar-refractivity contribution in [2.24, 2.45) is 5.92 Å². The van der Waals surface area contributed by atoms with Crippen LogP contribution in [0, 0.1) is 18.7 Å². The second kappa shape index (κ2) is 5.56. The van der Waals surface area contributed by atoms with Crippen LogP contribution in [0.4, 0.5) is 4.39 Å². The van der Waals surface area contributed by atoms with Gasteiger partial charge in [0.25, 0.3) is 0 Å². The van der Waals surface area contributed by atoms with Crippen LogP contribution < -0.4 is 4.72 Å². The molecule has 0 saturated heterocycles. The van der Waals surface area contributed by atoms with Crippen molar-refractivity contribution in [2.45, 2.75) is 38.2 Å². The topological polar surface area (TPSA) is 66.4 Å². The van der Waals surface area contributed by atoms with Crippen LogP contribution in [-0.4, -0.2) is 25.7 Å². The molecule has 1 atom stereocenters. The lowest BCUT2D eigenvalue weighted by molar-refractivity contribution is 0.0190. The molecule has 6 heteroatoms. The van der Waals surface area contributed by atoms with Crippen LogP contribution in [0.2, 0.25) is 0 Å². The van der Waals surface area contributed by atoms with Crippen LogP contribution in [0.5, 0.6) is 0 Å². The minimum absolute atomic E-state index is 0.105. The third kappa shape index (κ3) is 3.99. The van der Waals surface area contributed by atoms with Gasteiger partial charge in [-0.2, -0.15) is 0 Å². The Bertz CT molecular complexity index is 553. The van der Waals surface area contributed by atoms with Gasteiger partial charge in [0.2, 0.25) is 10.0 Å². The Morgan fingerprint density at radius 2 is 2.00 bits per heavy atom. The summed E-state index contributed by atoms with van der Waals surface area (Å²) in [6, 6.07) is 3.59. The van der Waals surface area contributed by atoms with Gasteiger partial charge in [-0.15, -0.1) is 0 Å². The highest BCUT2D eigenvalue weighted by molar-refractivity contribution is 7.89. The van der Waals surface area contributed by atoms with Crippen LogP contribution in [-0.2, 0) is 10.0 Å². The van der Waals surface area contributed by atoms with Crippen molar-refractivity contribution in [1.29, 1.82) is 0 Å². The molecular weight excluding hydrogens is 269 g/mol. The van der Waals surface area contributed by atoms with E-state index in [9.17, 15) is 17.9 Å². The highest BCUT2D eigenvalue weighted by Crippen LogP contribution is 2.19. The minimum Gasteiger partial charge on any atom is -0.389 e. The molecule has 0 aliphatic heterocycles. The minimum atomic E-state index is -3.83. The molecule has 1 rings (SSSR count). The standard InChI is InChI=1S/C13H20FNO3S/c1-9(2)13(4,16)8-15-19(17,18)12-7-11(14)6-5-10(12)3/h5-7,9,15-16H,8H2,1-4H3. The summed E-state index contributed by atoms with van der Waals surface area (Å²) < 4.78 is 39.6. The Balaban J connectivity index is 2.97. The Kier molecular flexibility index (Phi) is 4.71. The van der Waals surface area contributed by atoms with E-state index in [2.05, 4.69) is 4.72 Å². The molecule has 4 nitrogen and oxygen atoms in total. The molecule has 2 N–H and O–H groups in total. The Hall–Kier alpha value is -0.980. The molecule has 0 amide bonds. The Morgan fingerprint density at radius 1 is 1.42 bits per heavy atom. The number of hydrogen-bond donors (Lipinski definition) is 2. The fraction of sp³-hybridized carbons (Fsp3) is 0.538. The molecule has 19 heavy (non-hydrogen) atoms. The maximum absolute atomic E-state index is 13.1. The summed E-state index contributed by atoms with van der Waals surface area (Å²) in [6.07, 6.45) is 0. The van der Waals surface area contributed by atoms with Crippen molar-refractivity contribution in [2.75, 3.05) is 6.54 Å². The monoisotopic (exact) mass is 289 g/mol. The summed E-state index contributed by atoms with van der Waals surface area (Å²) >= 11 is 0. The van der Waals surface area contributed by atoms with Gasteiger partial charge in [0, 0.05) is 6.54 Å². The molecule has 1 aromatic carbocycles. The second-order valence-corrected chi connectivity index (χ2v) is 6.98. The van der Waals surface area contributed by atoms with Gasteiger partial charge in [0.1, 0.15) is 5.82 Å². The molecule has 0 heterocycles. The van der Waals surface area contributed by atoms with E-state index in [-0.39, 0.29) is 17.4 Å². The van der Waals surface area contributed by atoms with E-state index >= 15 is 0 Å². The summed E-state index contributed by atoms with van der Waals surface area (Å²) in [5.41, 5.74) is -0.702. The van der Waals surface area contributed by atoms with E-state index in [0.717, 1.165) is 6.07 Å². The zero-order valence-electron chi connectivity index (χ0n) is 11.6. The van der Waals surface area contributed by atoms with Crippen molar-refractivity contribution in [3.8, 4) is 0 Å². The van der Waals surface area contributed by atoms with Gasteiger partial charge in [0.05, 0.1) is 10.5 Å². The largest absolute Gasteiger partial charge is 0.389 e. The number of rotatable bonds is 5. The van der Waals surface area contributed by atoms with Crippen LogP contribution >= 0.6 is 0 Å². The molecule has 1 unspecified atom stereocenters. The van der Waals surface area contributed by atoms with Crippen molar-refractivity contribution in [3.05, 3.63) is 29.6 Å². The van der Waals surface area contributed by atoms with Gasteiger partial charge >= 0.3 is 0 Å². The first-order valence-electron chi connectivity index (χ1n) is 6.04. The number of halogens is 1. The van der Waals surface area contributed by atoms with E-state index in [1.165, 1.54) is 12.1 Å². The quantitative estimate of drug-likeness (QED) is 0.869. The SMILES string of the molecule is Cc1ccc(F)cc1S(=O)(=O)NCC(C)(O)C(C)C. The second-order valence-electron chi connectivity index (χ2n) is 5.25. The first-order chi connectivity index (χ1) is 8.56.